The molecule has 156 valence electrons. The topological polar surface area (TPSA) is 58.1 Å². The van der Waals surface area contributed by atoms with Crippen molar-refractivity contribution in [3.05, 3.63) is 29.8 Å². The van der Waals surface area contributed by atoms with Crippen molar-refractivity contribution >= 4 is 17.7 Å². The first kappa shape index (κ1) is 21.3. The standard InChI is InChI=1S/C21H34N4O2S/c1-17-5-4-6-19(13-17)27-18(2)14-23-20(22-3)24-15-21(7-12-28-16-21)25-8-10-26-11-9-25/h4-6,13,18H,7-12,14-16H2,1-3H3,(H2,22,23,24). The van der Waals surface area contributed by atoms with E-state index in [4.69, 9.17) is 9.47 Å². The Labute approximate surface area is 173 Å². The molecule has 2 aliphatic heterocycles. The molecular weight excluding hydrogens is 372 g/mol. The van der Waals surface area contributed by atoms with Crippen LogP contribution in [0.2, 0.25) is 0 Å². The maximum atomic E-state index is 6.01. The summed E-state index contributed by atoms with van der Waals surface area (Å²) in [7, 11) is 1.83. The van der Waals surface area contributed by atoms with Crippen LogP contribution in [-0.2, 0) is 4.74 Å². The van der Waals surface area contributed by atoms with Gasteiger partial charge in [0.2, 0.25) is 0 Å². The Bertz CT molecular complexity index is 643. The number of ether oxygens (including phenoxy) is 2. The number of hydrogen-bond donors (Lipinski definition) is 2. The number of hydrogen-bond acceptors (Lipinski definition) is 5. The highest BCUT2D eigenvalue weighted by Crippen LogP contribution is 2.33. The third-order valence-electron chi connectivity index (χ3n) is 5.46. The SMILES string of the molecule is CN=C(NCC(C)Oc1cccc(C)c1)NCC1(N2CCOCC2)CCSC1. The third-order valence-corrected chi connectivity index (χ3v) is 6.69. The summed E-state index contributed by atoms with van der Waals surface area (Å²) in [6.07, 6.45) is 1.27. The predicted octanol–water partition coefficient (Wildman–Crippen LogP) is 2.14. The van der Waals surface area contributed by atoms with Crippen LogP contribution < -0.4 is 15.4 Å². The quantitative estimate of drug-likeness (QED) is 0.534. The van der Waals surface area contributed by atoms with Crippen LogP contribution in [-0.4, -0.2) is 80.4 Å². The molecule has 2 heterocycles. The minimum absolute atomic E-state index is 0.0515. The summed E-state index contributed by atoms with van der Waals surface area (Å²) in [5.74, 6) is 4.15. The van der Waals surface area contributed by atoms with Gasteiger partial charge in [-0.15, -0.1) is 0 Å². The second-order valence-corrected chi connectivity index (χ2v) is 8.78. The molecule has 0 saturated carbocycles. The Hall–Kier alpha value is -1.44. The number of morpholine rings is 1. The molecule has 3 rings (SSSR count). The van der Waals surface area contributed by atoms with Crippen LogP contribution in [0.1, 0.15) is 18.9 Å². The number of nitrogens with zero attached hydrogens (tertiary/aromatic N) is 2. The Balaban J connectivity index is 1.48. The van der Waals surface area contributed by atoms with Gasteiger partial charge in [-0.05, 0) is 43.7 Å². The molecule has 1 aromatic rings. The van der Waals surface area contributed by atoms with Crippen LogP contribution in [0, 0.1) is 6.92 Å². The Morgan fingerprint density at radius 1 is 1.36 bits per heavy atom. The van der Waals surface area contributed by atoms with Crippen LogP contribution in [0.5, 0.6) is 5.75 Å². The molecule has 2 aliphatic rings. The van der Waals surface area contributed by atoms with Gasteiger partial charge in [-0.1, -0.05) is 12.1 Å². The van der Waals surface area contributed by atoms with Gasteiger partial charge in [0, 0.05) is 38.0 Å². The second-order valence-electron chi connectivity index (χ2n) is 7.68. The van der Waals surface area contributed by atoms with Crippen LogP contribution >= 0.6 is 11.8 Å². The fraction of sp³-hybridized carbons (Fsp3) is 0.667. The Morgan fingerprint density at radius 3 is 2.86 bits per heavy atom. The van der Waals surface area contributed by atoms with Crippen molar-refractivity contribution in [3.63, 3.8) is 0 Å². The lowest BCUT2D eigenvalue weighted by Gasteiger charge is -2.43. The summed E-state index contributed by atoms with van der Waals surface area (Å²) in [4.78, 5) is 7.02. The zero-order valence-electron chi connectivity index (χ0n) is 17.4. The summed E-state index contributed by atoms with van der Waals surface area (Å²) in [6, 6.07) is 8.16. The zero-order valence-corrected chi connectivity index (χ0v) is 18.2. The highest BCUT2D eigenvalue weighted by atomic mass is 32.2. The van der Waals surface area contributed by atoms with Crippen LogP contribution in [0.25, 0.3) is 0 Å². The van der Waals surface area contributed by atoms with Crippen LogP contribution in [0.4, 0.5) is 0 Å². The average Bonchev–Trinajstić information content (AvgIpc) is 3.19. The number of thioether (sulfide) groups is 1. The lowest BCUT2D eigenvalue weighted by atomic mass is 9.95. The molecule has 1 aromatic carbocycles. The molecule has 0 radical (unpaired) electrons. The molecule has 0 amide bonds. The average molecular weight is 407 g/mol. The second kappa shape index (κ2) is 10.4. The summed E-state index contributed by atoms with van der Waals surface area (Å²) in [5.41, 5.74) is 1.41. The number of rotatable bonds is 7. The van der Waals surface area contributed by atoms with E-state index in [0.717, 1.165) is 44.6 Å². The highest BCUT2D eigenvalue weighted by molar-refractivity contribution is 7.99. The first-order valence-corrected chi connectivity index (χ1v) is 11.4. The molecule has 2 unspecified atom stereocenters. The zero-order chi connectivity index (χ0) is 19.8. The van der Waals surface area contributed by atoms with Gasteiger partial charge in [0.05, 0.1) is 19.8 Å². The summed E-state index contributed by atoms with van der Waals surface area (Å²) in [6.45, 7) is 9.49. The van der Waals surface area contributed by atoms with Gasteiger partial charge in [0.25, 0.3) is 0 Å². The van der Waals surface area contributed by atoms with Crippen LogP contribution in [0.15, 0.2) is 29.3 Å². The first-order valence-electron chi connectivity index (χ1n) is 10.2. The maximum absolute atomic E-state index is 6.01. The summed E-state index contributed by atoms with van der Waals surface area (Å²) < 4.78 is 11.6. The fourth-order valence-corrected chi connectivity index (χ4v) is 5.28. The van der Waals surface area contributed by atoms with E-state index < -0.39 is 0 Å². The third kappa shape index (κ3) is 5.78. The van der Waals surface area contributed by atoms with Crippen molar-refractivity contribution in [2.24, 2.45) is 4.99 Å². The lowest BCUT2D eigenvalue weighted by molar-refractivity contribution is -0.0120. The van der Waals surface area contributed by atoms with Gasteiger partial charge < -0.3 is 20.1 Å². The maximum Gasteiger partial charge on any atom is 0.191 e. The van der Waals surface area contributed by atoms with E-state index in [1.54, 1.807) is 0 Å². The van der Waals surface area contributed by atoms with Gasteiger partial charge in [0.1, 0.15) is 11.9 Å². The fourth-order valence-electron chi connectivity index (χ4n) is 3.81. The van der Waals surface area contributed by atoms with E-state index in [9.17, 15) is 0 Å². The molecule has 0 aromatic heterocycles. The van der Waals surface area contributed by atoms with Crippen molar-refractivity contribution in [2.75, 3.05) is 57.9 Å². The molecule has 0 aliphatic carbocycles. The van der Waals surface area contributed by atoms with Crippen molar-refractivity contribution in [2.45, 2.75) is 31.9 Å². The molecule has 0 spiro atoms. The number of nitrogens with one attached hydrogen (secondary N) is 2. The molecule has 0 bridgehead atoms. The molecule has 7 heteroatoms. The molecule has 28 heavy (non-hydrogen) atoms. The molecule has 2 N–H and O–H groups in total. The smallest absolute Gasteiger partial charge is 0.191 e. The molecule has 2 fully saturated rings. The van der Waals surface area contributed by atoms with Gasteiger partial charge in [0.15, 0.2) is 5.96 Å². The number of guanidine groups is 1. The number of benzene rings is 1. The van der Waals surface area contributed by atoms with Crippen molar-refractivity contribution < 1.29 is 9.47 Å². The van der Waals surface area contributed by atoms with Crippen molar-refractivity contribution in [1.82, 2.24) is 15.5 Å². The number of aliphatic imine (C=N–C) groups is 1. The highest BCUT2D eigenvalue weighted by Gasteiger charge is 2.40. The largest absolute Gasteiger partial charge is 0.489 e. The van der Waals surface area contributed by atoms with Gasteiger partial charge >= 0.3 is 0 Å². The lowest BCUT2D eigenvalue weighted by Crippen LogP contribution is -2.60. The summed E-state index contributed by atoms with van der Waals surface area (Å²) >= 11 is 2.05. The Kier molecular flexibility index (Phi) is 7.88. The van der Waals surface area contributed by atoms with Crippen molar-refractivity contribution in [3.8, 4) is 5.75 Å². The molecule has 2 atom stereocenters. The number of aryl methyl sites for hydroxylation is 1. The van der Waals surface area contributed by atoms with Gasteiger partial charge in [-0.3, -0.25) is 9.89 Å². The van der Waals surface area contributed by atoms with E-state index in [1.807, 2.05) is 19.2 Å². The van der Waals surface area contributed by atoms with E-state index in [2.05, 4.69) is 58.3 Å². The Morgan fingerprint density at radius 2 is 2.18 bits per heavy atom. The molecule has 6 nitrogen and oxygen atoms in total. The van der Waals surface area contributed by atoms with Gasteiger partial charge in [-0.25, -0.2) is 0 Å². The van der Waals surface area contributed by atoms with E-state index in [0.29, 0.717) is 6.54 Å². The van der Waals surface area contributed by atoms with Crippen molar-refractivity contribution in [1.29, 1.82) is 0 Å². The van der Waals surface area contributed by atoms with E-state index in [1.165, 1.54) is 23.5 Å². The van der Waals surface area contributed by atoms with E-state index >= 15 is 0 Å². The predicted molar refractivity (Wildman–Crippen MR) is 118 cm³/mol. The normalized spacial score (nSPS) is 24.8. The van der Waals surface area contributed by atoms with E-state index in [-0.39, 0.29) is 11.6 Å². The monoisotopic (exact) mass is 406 g/mol. The minimum atomic E-state index is 0.0515. The first-order chi connectivity index (χ1) is 13.6. The molecule has 2 saturated heterocycles. The molecular formula is C21H34N4O2S. The van der Waals surface area contributed by atoms with Gasteiger partial charge in [-0.2, -0.15) is 11.8 Å². The van der Waals surface area contributed by atoms with Crippen LogP contribution in [0.3, 0.4) is 0 Å². The summed E-state index contributed by atoms with van der Waals surface area (Å²) in [5, 5.41) is 6.98. The minimum Gasteiger partial charge on any atom is -0.489 e.